The molecule has 1 aromatic heterocycles. The highest BCUT2D eigenvalue weighted by molar-refractivity contribution is 5.37. The minimum Gasteiger partial charge on any atom is -0.363 e. The number of hydrogen-bond donors (Lipinski definition) is 0. The Bertz CT molecular complexity index is 406. The molecule has 0 spiro atoms. The van der Waals surface area contributed by atoms with Crippen molar-refractivity contribution < 1.29 is 0 Å². The van der Waals surface area contributed by atoms with E-state index in [1.54, 1.807) is 0 Å². The predicted octanol–water partition coefficient (Wildman–Crippen LogP) is 3.58. The summed E-state index contributed by atoms with van der Waals surface area (Å²) in [5.74, 6) is 1.70. The van der Waals surface area contributed by atoms with Crippen LogP contribution in [-0.2, 0) is 0 Å². The van der Waals surface area contributed by atoms with Crippen molar-refractivity contribution in [2.75, 3.05) is 19.0 Å². The van der Waals surface area contributed by atoms with Crippen molar-refractivity contribution in [2.45, 2.75) is 39.0 Å². The molecule has 3 nitrogen and oxygen atoms in total. The van der Waals surface area contributed by atoms with E-state index < -0.39 is 0 Å². The molecule has 0 radical (unpaired) electrons. The van der Waals surface area contributed by atoms with E-state index in [4.69, 9.17) is 5.26 Å². The molecule has 0 aromatic carbocycles. The molecule has 3 heteroatoms. The zero-order valence-corrected chi connectivity index (χ0v) is 11.8. The monoisotopic (exact) mass is 245 g/mol. The van der Waals surface area contributed by atoms with Crippen LogP contribution >= 0.6 is 0 Å². The van der Waals surface area contributed by atoms with Crippen molar-refractivity contribution in [3.8, 4) is 6.07 Å². The lowest BCUT2D eigenvalue weighted by Crippen LogP contribution is -2.15. The standard InChI is InChI=1S/C15H23N3/c1-5-7-12(2)13(10-11-16)14-8-6-9-15(17-14)18(3)4/h6,8-9,12-13H,5,7,10H2,1-4H3. The van der Waals surface area contributed by atoms with Crippen molar-refractivity contribution in [2.24, 2.45) is 5.92 Å². The quantitative estimate of drug-likeness (QED) is 0.769. The first-order chi connectivity index (χ1) is 8.60. The Hall–Kier alpha value is -1.56. The van der Waals surface area contributed by atoms with Gasteiger partial charge >= 0.3 is 0 Å². The molecule has 0 bridgehead atoms. The van der Waals surface area contributed by atoms with Gasteiger partial charge in [-0.2, -0.15) is 5.26 Å². The first-order valence-corrected chi connectivity index (χ1v) is 6.61. The second-order valence-electron chi connectivity index (χ2n) is 5.05. The Morgan fingerprint density at radius 3 is 2.67 bits per heavy atom. The zero-order valence-electron chi connectivity index (χ0n) is 11.8. The molecule has 0 fully saturated rings. The summed E-state index contributed by atoms with van der Waals surface area (Å²) in [5, 5.41) is 9.01. The van der Waals surface area contributed by atoms with Crippen molar-refractivity contribution in [1.29, 1.82) is 5.26 Å². The van der Waals surface area contributed by atoms with Gasteiger partial charge in [-0.05, 0) is 18.1 Å². The molecule has 1 aromatic rings. The van der Waals surface area contributed by atoms with Crippen LogP contribution < -0.4 is 4.90 Å². The number of hydrogen-bond acceptors (Lipinski definition) is 3. The van der Waals surface area contributed by atoms with Crippen molar-refractivity contribution in [1.82, 2.24) is 4.98 Å². The molecule has 1 rings (SSSR count). The van der Waals surface area contributed by atoms with Crippen LogP contribution in [0.3, 0.4) is 0 Å². The van der Waals surface area contributed by atoms with Gasteiger partial charge in [-0.25, -0.2) is 4.98 Å². The van der Waals surface area contributed by atoms with Gasteiger partial charge in [-0.3, -0.25) is 0 Å². The molecule has 98 valence electrons. The molecule has 0 saturated heterocycles. The molecule has 0 aliphatic carbocycles. The highest BCUT2D eigenvalue weighted by Gasteiger charge is 2.20. The highest BCUT2D eigenvalue weighted by atomic mass is 15.1. The molecular formula is C15H23N3. The molecule has 0 saturated carbocycles. The highest BCUT2D eigenvalue weighted by Crippen LogP contribution is 2.30. The smallest absolute Gasteiger partial charge is 0.128 e. The minimum atomic E-state index is 0.245. The first-order valence-electron chi connectivity index (χ1n) is 6.61. The minimum absolute atomic E-state index is 0.245. The Kier molecular flexibility index (Phi) is 5.64. The molecule has 0 aliphatic heterocycles. The molecule has 0 amide bonds. The molecule has 0 aliphatic rings. The summed E-state index contributed by atoms with van der Waals surface area (Å²) in [7, 11) is 3.97. The second-order valence-corrected chi connectivity index (χ2v) is 5.05. The van der Waals surface area contributed by atoms with Crippen LogP contribution in [-0.4, -0.2) is 19.1 Å². The average Bonchev–Trinajstić information content (AvgIpc) is 2.36. The van der Waals surface area contributed by atoms with Crippen LogP contribution in [0.1, 0.15) is 44.7 Å². The summed E-state index contributed by atoms with van der Waals surface area (Å²) in [6, 6.07) is 8.37. The van der Waals surface area contributed by atoms with Gasteiger partial charge < -0.3 is 4.90 Å². The van der Waals surface area contributed by atoms with Crippen LogP contribution in [0.5, 0.6) is 0 Å². The lowest BCUT2D eigenvalue weighted by Gasteiger charge is -2.22. The summed E-state index contributed by atoms with van der Waals surface area (Å²) < 4.78 is 0. The maximum atomic E-state index is 9.01. The van der Waals surface area contributed by atoms with E-state index in [0.717, 1.165) is 24.4 Å². The van der Waals surface area contributed by atoms with Gasteiger partial charge in [-0.15, -0.1) is 0 Å². The first kappa shape index (κ1) is 14.5. The normalized spacial score (nSPS) is 13.7. The van der Waals surface area contributed by atoms with Crippen molar-refractivity contribution in [3.05, 3.63) is 23.9 Å². The lowest BCUT2D eigenvalue weighted by atomic mass is 9.85. The average molecular weight is 245 g/mol. The Morgan fingerprint density at radius 1 is 1.39 bits per heavy atom. The summed E-state index contributed by atoms with van der Waals surface area (Å²) in [5.41, 5.74) is 1.05. The third kappa shape index (κ3) is 3.73. The van der Waals surface area contributed by atoms with Crippen LogP contribution in [0.2, 0.25) is 0 Å². The fourth-order valence-corrected chi connectivity index (χ4v) is 2.25. The summed E-state index contributed by atoms with van der Waals surface area (Å²) in [6.45, 7) is 4.40. The summed E-state index contributed by atoms with van der Waals surface area (Å²) in [6.07, 6.45) is 2.84. The summed E-state index contributed by atoms with van der Waals surface area (Å²) >= 11 is 0. The van der Waals surface area contributed by atoms with E-state index in [2.05, 4.69) is 24.9 Å². The Balaban J connectivity index is 2.98. The van der Waals surface area contributed by atoms with E-state index in [0.29, 0.717) is 12.3 Å². The third-order valence-corrected chi connectivity index (χ3v) is 3.34. The van der Waals surface area contributed by atoms with Crippen molar-refractivity contribution in [3.63, 3.8) is 0 Å². The van der Waals surface area contributed by atoms with Crippen LogP contribution in [0.4, 0.5) is 5.82 Å². The number of nitrogens with zero attached hydrogens (tertiary/aromatic N) is 3. The largest absolute Gasteiger partial charge is 0.363 e. The molecule has 2 atom stereocenters. The maximum Gasteiger partial charge on any atom is 0.128 e. The Labute approximate surface area is 110 Å². The van der Waals surface area contributed by atoms with Gasteiger partial charge in [0.2, 0.25) is 0 Å². The lowest BCUT2D eigenvalue weighted by molar-refractivity contribution is 0.421. The molecule has 0 N–H and O–H groups in total. The van der Waals surface area contributed by atoms with E-state index in [1.807, 2.05) is 37.2 Å². The van der Waals surface area contributed by atoms with Gasteiger partial charge in [0.25, 0.3) is 0 Å². The number of nitriles is 1. The predicted molar refractivity (Wildman–Crippen MR) is 75.6 cm³/mol. The van der Waals surface area contributed by atoms with Gasteiger partial charge in [0, 0.05) is 32.1 Å². The third-order valence-electron chi connectivity index (χ3n) is 3.34. The maximum absolute atomic E-state index is 9.01. The zero-order chi connectivity index (χ0) is 13.5. The topological polar surface area (TPSA) is 39.9 Å². The van der Waals surface area contributed by atoms with Gasteiger partial charge in [-0.1, -0.05) is 32.8 Å². The molecule has 18 heavy (non-hydrogen) atoms. The Morgan fingerprint density at radius 2 is 2.11 bits per heavy atom. The second kappa shape index (κ2) is 7.00. The van der Waals surface area contributed by atoms with E-state index in [-0.39, 0.29) is 5.92 Å². The van der Waals surface area contributed by atoms with Crippen LogP contribution in [0.25, 0.3) is 0 Å². The SMILES string of the molecule is CCCC(C)C(CC#N)c1cccc(N(C)C)n1. The van der Waals surface area contributed by atoms with Gasteiger partial charge in [0.05, 0.1) is 6.07 Å². The van der Waals surface area contributed by atoms with Crippen LogP contribution in [0, 0.1) is 17.2 Å². The number of pyridine rings is 1. The molecular weight excluding hydrogens is 222 g/mol. The van der Waals surface area contributed by atoms with Gasteiger partial charge in [0.1, 0.15) is 5.82 Å². The van der Waals surface area contributed by atoms with E-state index in [9.17, 15) is 0 Å². The fourth-order valence-electron chi connectivity index (χ4n) is 2.25. The van der Waals surface area contributed by atoms with Gasteiger partial charge in [0.15, 0.2) is 0 Å². The summed E-state index contributed by atoms with van der Waals surface area (Å²) in [4.78, 5) is 6.67. The number of aromatic nitrogens is 1. The fraction of sp³-hybridized carbons (Fsp3) is 0.600. The molecule has 2 unspecified atom stereocenters. The molecule has 1 heterocycles. The van der Waals surface area contributed by atoms with Crippen molar-refractivity contribution >= 4 is 5.82 Å². The number of anilines is 1. The number of rotatable bonds is 6. The van der Waals surface area contributed by atoms with E-state index >= 15 is 0 Å². The van der Waals surface area contributed by atoms with E-state index in [1.165, 1.54) is 0 Å². The van der Waals surface area contributed by atoms with Crippen LogP contribution in [0.15, 0.2) is 18.2 Å².